The van der Waals surface area contributed by atoms with E-state index in [2.05, 4.69) is 0 Å². The number of ether oxygens (including phenoxy) is 1. The third-order valence-electron chi connectivity index (χ3n) is 6.15. The molecule has 2 aliphatic carbocycles. The van der Waals surface area contributed by atoms with Crippen molar-refractivity contribution in [1.29, 1.82) is 0 Å². The second-order valence-corrected chi connectivity index (χ2v) is 20.1. The normalized spacial score (nSPS) is 18.5. The zero-order chi connectivity index (χ0) is 25.1. The molecule has 0 spiro atoms. The second kappa shape index (κ2) is 11.8. The Hall–Kier alpha value is 0.244. The first-order valence-electron chi connectivity index (χ1n) is 9.63. The fourth-order valence-corrected chi connectivity index (χ4v) is 9.84. The summed E-state index contributed by atoms with van der Waals surface area (Å²) in [6.07, 6.45) is -7.25. The Morgan fingerprint density at radius 2 is 1.16 bits per heavy atom. The summed E-state index contributed by atoms with van der Waals surface area (Å²) in [5.41, 5.74) is 0.201. The van der Waals surface area contributed by atoms with Crippen LogP contribution in [-0.2, 0) is 14.3 Å². The molecule has 0 radical (unpaired) electrons. The topological polar surface area (TPSA) is 66.4 Å². The Morgan fingerprint density at radius 3 is 1.31 bits per heavy atom. The van der Waals surface area contributed by atoms with Crippen molar-refractivity contribution < 1.29 is 75.3 Å². The van der Waals surface area contributed by atoms with Crippen LogP contribution in [0.3, 0.4) is 0 Å². The molecule has 0 atom stereocenters. The van der Waals surface area contributed by atoms with Crippen LogP contribution in [0.15, 0.2) is 0 Å². The van der Waals surface area contributed by atoms with E-state index < -0.39 is 50.5 Å². The molecule has 2 rings (SSSR count). The Balaban J connectivity index is 0. The van der Waals surface area contributed by atoms with Crippen molar-refractivity contribution in [2.45, 2.75) is 88.1 Å². The molecule has 14 heteroatoms. The van der Waals surface area contributed by atoms with Gasteiger partial charge in [-0.15, -0.1) is 11.6 Å². The minimum atomic E-state index is -4.15. The maximum atomic E-state index is 12.8. The standard InChI is InChI=1S/C9H15F3O2Si.C7H12ClF3Si.C2H4O2.Na/c1-7(13)14-6-15(2,3)8(4-5-8)9(10,11)12;1-12(2,5-8)6(3-4-6)7(9,10)11;1-2(3)4;/h4-6H2,1-3H3;3-5H2,1-2H3;1H3,(H,3,4);/q;;;+1/p-1. The summed E-state index contributed by atoms with van der Waals surface area (Å²) < 4.78 is 80.8. The van der Waals surface area contributed by atoms with Crippen molar-refractivity contribution in [3.05, 3.63) is 0 Å². The van der Waals surface area contributed by atoms with Crippen molar-refractivity contribution >= 4 is 39.7 Å². The molecule has 2 fully saturated rings. The Morgan fingerprint density at radius 1 is 0.875 bits per heavy atom. The molecule has 4 nitrogen and oxygen atoms in total. The van der Waals surface area contributed by atoms with Gasteiger partial charge < -0.3 is 14.6 Å². The van der Waals surface area contributed by atoms with Gasteiger partial charge in [-0.3, -0.25) is 4.79 Å². The van der Waals surface area contributed by atoms with Crippen LogP contribution in [0.25, 0.3) is 0 Å². The molecule has 0 aliphatic heterocycles. The zero-order valence-electron chi connectivity index (χ0n) is 19.5. The van der Waals surface area contributed by atoms with E-state index in [0.29, 0.717) is 12.8 Å². The van der Waals surface area contributed by atoms with E-state index in [4.69, 9.17) is 26.2 Å². The number of hydrogen-bond donors (Lipinski definition) is 0. The third kappa shape index (κ3) is 8.47. The maximum absolute atomic E-state index is 12.8. The fourth-order valence-electron chi connectivity index (χ4n) is 3.49. The quantitative estimate of drug-likeness (QED) is 0.233. The van der Waals surface area contributed by atoms with Crippen LogP contribution < -0.4 is 34.7 Å². The number of carboxylic acid groups (broad SMARTS) is 1. The molecular formula is C18H30ClF6NaO4Si2. The van der Waals surface area contributed by atoms with Gasteiger partial charge in [0.15, 0.2) is 0 Å². The summed E-state index contributed by atoms with van der Waals surface area (Å²) in [6.45, 7) is 8.91. The molecule has 0 amide bonds. The van der Waals surface area contributed by atoms with Crippen molar-refractivity contribution in [3.63, 3.8) is 0 Å². The second-order valence-electron chi connectivity index (χ2n) is 9.33. The van der Waals surface area contributed by atoms with E-state index in [1.165, 1.54) is 6.92 Å². The summed E-state index contributed by atoms with van der Waals surface area (Å²) in [5.74, 6) is -1.59. The van der Waals surface area contributed by atoms with Crippen LogP contribution in [0, 0.1) is 0 Å². The predicted molar refractivity (Wildman–Crippen MR) is 109 cm³/mol. The van der Waals surface area contributed by atoms with Gasteiger partial charge >= 0.3 is 47.9 Å². The molecule has 2 saturated carbocycles. The van der Waals surface area contributed by atoms with Crippen molar-refractivity contribution in [2.24, 2.45) is 0 Å². The molecule has 32 heavy (non-hydrogen) atoms. The minimum absolute atomic E-state index is 0. The smallest absolute Gasteiger partial charge is 0.550 e. The van der Waals surface area contributed by atoms with E-state index in [-0.39, 0.29) is 54.1 Å². The molecular weight excluding hydrogens is 509 g/mol. The average Bonchev–Trinajstić information content (AvgIpc) is 3.43. The number of halogens is 7. The van der Waals surface area contributed by atoms with Crippen LogP contribution in [0.1, 0.15) is 39.5 Å². The predicted octanol–water partition coefficient (Wildman–Crippen LogP) is 2.22. The number of alkyl halides is 7. The largest absolute Gasteiger partial charge is 1.00 e. The summed E-state index contributed by atoms with van der Waals surface area (Å²) >= 11 is 5.59. The first-order chi connectivity index (χ1) is 13.6. The molecule has 0 heterocycles. The van der Waals surface area contributed by atoms with Gasteiger partial charge in [0, 0.05) is 18.4 Å². The van der Waals surface area contributed by atoms with Gasteiger partial charge in [-0.05, 0) is 32.6 Å². The van der Waals surface area contributed by atoms with Gasteiger partial charge in [-0.25, -0.2) is 0 Å². The summed E-state index contributed by atoms with van der Waals surface area (Å²) in [4.78, 5) is 19.5. The minimum Gasteiger partial charge on any atom is -0.550 e. The van der Waals surface area contributed by atoms with E-state index in [9.17, 15) is 31.1 Å². The van der Waals surface area contributed by atoms with E-state index >= 15 is 0 Å². The number of esters is 1. The Kier molecular flexibility index (Phi) is 12.7. The number of carbonyl (C=O) groups excluding carboxylic acids is 2. The van der Waals surface area contributed by atoms with Gasteiger partial charge in [0.05, 0.1) is 24.4 Å². The SMILES string of the molecule is CC(=O)OC[Si](C)(C)C1(C(F)(F)F)CC1.CC(=O)[O-].C[Si](C)(CCl)C1(C(F)(F)F)CC1.[Na+]. The molecule has 2 aliphatic rings. The van der Waals surface area contributed by atoms with Crippen LogP contribution in [0.4, 0.5) is 26.3 Å². The van der Waals surface area contributed by atoms with Gasteiger partial charge in [-0.1, -0.05) is 26.2 Å². The Labute approximate surface area is 214 Å². The number of hydrogen-bond acceptors (Lipinski definition) is 4. The molecule has 0 saturated heterocycles. The Bertz CT molecular complexity index is 644. The van der Waals surface area contributed by atoms with E-state index in [1.54, 1.807) is 26.2 Å². The first kappa shape index (κ1) is 34.4. The number of aliphatic carboxylic acids is 1. The monoisotopic (exact) mass is 538 g/mol. The molecule has 0 aromatic rings. The number of carbonyl (C=O) groups is 2. The van der Waals surface area contributed by atoms with Crippen molar-refractivity contribution in [1.82, 2.24) is 0 Å². The molecule has 0 unspecified atom stereocenters. The summed E-state index contributed by atoms with van der Waals surface area (Å²) in [7, 11) is -4.87. The van der Waals surface area contributed by atoms with Crippen LogP contribution >= 0.6 is 11.6 Å². The molecule has 0 aromatic carbocycles. The molecule has 0 bridgehead atoms. The molecule has 0 aromatic heterocycles. The average molecular weight is 539 g/mol. The first-order valence-corrected chi connectivity index (χ1v) is 16.6. The van der Waals surface area contributed by atoms with Crippen molar-refractivity contribution in [2.75, 3.05) is 11.7 Å². The summed E-state index contributed by atoms with van der Waals surface area (Å²) in [5, 5.41) is 6.01. The van der Waals surface area contributed by atoms with E-state index in [0.717, 1.165) is 6.92 Å². The number of rotatable bonds is 5. The van der Waals surface area contributed by atoms with Crippen molar-refractivity contribution in [3.8, 4) is 0 Å². The van der Waals surface area contributed by atoms with E-state index in [1.807, 2.05) is 0 Å². The van der Waals surface area contributed by atoms with Gasteiger partial charge in [0.1, 0.15) is 8.07 Å². The number of carboxylic acids is 1. The van der Waals surface area contributed by atoms with Crippen LogP contribution in [-0.4, -0.2) is 52.2 Å². The van der Waals surface area contributed by atoms with Gasteiger partial charge in [-0.2, -0.15) is 26.3 Å². The van der Waals surface area contributed by atoms with Crippen LogP contribution in [0.2, 0.25) is 36.3 Å². The summed E-state index contributed by atoms with van der Waals surface area (Å²) in [6, 6.07) is 0. The van der Waals surface area contributed by atoms with Gasteiger partial charge in [0.25, 0.3) is 0 Å². The van der Waals surface area contributed by atoms with Gasteiger partial charge in [0.2, 0.25) is 0 Å². The van der Waals surface area contributed by atoms with Crippen LogP contribution in [0.5, 0.6) is 0 Å². The molecule has 184 valence electrons. The fraction of sp³-hybridized carbons (Fsp3) is 0.889. The maximum Gasteiger partial charge on any atom is 1.00 e. The third-order valence-corrected chi connectivity index (χ3v) is 16.4. The molecule has 0 N–H and O–H groups in total. The zero-order valence-corrected chi connectivity index (χ0v) is 24.3.